The number of piperazine rings is 1. The first kappa shape index (κ1) is 16.7. The summed E-state index contributed by atoms with van der Waals surface area (Å²) < 4.78 is 5.65. The number of amides is 2. The van der Waals surface area contributed by atoms with Crippen LogP contribution in [0.3, 0.4) is 0 Å². The maximum absolute atomic E-state index is 12.3. The number of urea groups is 1. The third-order valence-corrected chi connectivity index (χ3v) is 4.47. The van der Waals surface area contributed by atoms with E-state index in [1.54, 1.807) is 17.0 Å². The Hall–Kier alpha value is -2.19. The molecule has 0 spiro atoms. The summed E-state index contributed by atoms with van der Waals surface area (Å²) in [5, 5.41) is 13.4. The van der Waals surface area contributed by atoms with Crippen molar-refractivity contribution in [3.05, 3.63) is 34.4 Å². The molecule has 2 heterocycles. The number of ether oxygens (including phenoxy) is 1. The molecule has 2 amide bonds. The van der Waals surface area contributed by atoms with Gasteiger partial charge in [-0.3, -0.25) is 15.0 Å². The van der Waals surface area contributed by atoms with Crippen LogP contribution in [-0.2, 0) is 4.74 Å². The third kappa shape index (κ3) is 4.21. The van der Waals surface area contributed by atoms with Crippen molar-refractivity contribution in [2.45, 2.75) is 18.9 Å². The predicted octanol–water partition coefficient (Wildman–Crippen LogP) is 1.92. The fourth-order valence-corrected chi connectivity index (χ4v) is 3.08. The van der Waals surface area contributed by atoms with E-state index in [9.17, 15) is 14.9 Å². The Morgan fingerprint density at radius 3 is 2.54 bits per heavy atom. The molecular formula is C16H22N4O4. The molecule has 0 radical (unpaired) electrons. The smallest absolute Gasteiger partial charge is 0.321 e. The Kier molecular flexibility index (Phi) is 5.27. The van der Waals surface area contributed by atoms with E-state index in [0.717, 1.165) is 39.1 Å². The first-order valence-corrected chi connectivity index (χ1v) is 8.26. The van der Waals surface area contributed by atoms with Crippen LogP contribution < -0.4 is 5.32 Å². The van der Waals surface area contributed by atoms with Crippen LogP contribution >= 0.6 is 0 Å². The van der Waals surface area contributed by atoms with Crippen molar-refractivity contribution in [3.63, 3.8) is 0 Å². The van der Waals surface area contributed by atoms with Crippen molar-refractivity contribution < 1.29 is 14.5 Å². The molecule has 2 fully saturated rings. The van der Waals surface area contributed by atoms with Crippen LogP contribution in [0.15, 0.2) is 24.3 Å². The Morgan fingerprint density at radius 2 is 1.96 bits per heavy atom. The van der Waals surface area contributed by atoms with Gasteiger partial charge in [-0.15, -0.1) is 0 Å². The molecule has 1 aromatic carbocycles. The molecule has 8 nitrogen and oxygen atoms in total. The Labute approximate surface area is 140 Å². The van der Waals surface area contributed by atoms with E-state index in [-0.39, 0.29) is 11.7 Å². The number of carbonyl (C=O) groups excluding carboxylic acids is 1. The number of hydrogen-bond donors (Lipinski definition) is 1. The number of nitro groups is 1. The van der Waals surface area contributed by atoms with Crippen LogP contribution in [0.25, 0.3) is 0 Å². The minimum atomic E-state index is -0.459. The van der Waals surface area contributed by atoms with E-state index >= 15 is 0 Å². The lowest BCUT2D eigenvalue weighted by atomic mass is 10.2. The van der Waals surface area contributed by atoms with Crippen molar-refractivity contribution in [2.24, 2.45) is 0 Å². The van der Waals surface area contributed by atoms with E-state index in [2.05, 4.69) is 10.2 Å². The first-order valence-electron chi connectivity index (χ1n) is 8.26. The summed E-state index contributed by atoms with van der Waals surface area (Å²) in [6.07, 6.45) is 2.61. The molecule has 0 aliphatic carbocycles. The van der Waals surface area contributed by atoms with Gasteiger partial charge in [0, 0.05) is 57.2 Å². The number of benzene rings is 1. The molecule has 1 unspecified atom stereocenters. The molecule has 1 atom stereocenters. The van der Waals surface area contributed by atoms with E-state index in [1.807, 2.05) is 0 Å². The minimum absolute atomic E-state index is 0.00995. The molecule has 1 aromatic rings. The van der Waals surface area contributed by atoms with Gasteiger partial charge in [-0.1, -0.05) is 0 Å². The number of non-ortho nitro benzene ring substituents is 1. The van der Waals surface area contributed by atoms with Gasteiger partial charge in [0.25, 0.3) is 5.69 Å². The van der Waals surface area contributed by atoms with Gasteiger partial charge in [0.15, 0.2) is 0 Å². The van der Waals surface area contributed by atoms with Crippen molar-refractivity contribution in [1.82, 2.24) is 9.80 Å². The Morgan fingerprint density at radius 1 is 1.25 bits per heavy atom. The summed E-state index contributed by atoms with van der Waals surface area (Å²) in [6.45, 7) is 4.83. The zero-order valence-corrected chi connectivity index (χ0v) is 13.5. The number of nitrogens with zero attached hydrogens (tertiary/aromatic N) is 3. The molecule has 24 heavy (non-hydrogen) atoms. The third-order valence-electron chi connectivity index (χ3n) is 4.47. The van der Waals surface area contributed by atoms with E-state index in [4.69, 9.17) is 4.74 Å². The molecule has 2 aliphatic heterocycles. The van der Waals surface area contributed by atoms with Crippen LogP contribution in [0, 0.1) is 10.1 Å². The lowest BCUT2D eigenvalue weighted by Gasteiger charge is -2.35. The van der Waals surface area contributed by atoms with Gasteiger partial charge in [0.2, 0.25) is 0 Å². The molecular weight excluding hydrogens is 312 g/mol. The highest BCUT2D eigenvalue weighted by Gasteiger charge is 2.24. The van der Waals surface area contributed by atoms with Crippen LogP contribution in [0.4, 0.5) is 16.2 Å². The van der Waals surface area contributed by atoms with Crippen LogP contribution in [0.2, 0.25) is 0 Å². The van der Waals surface area contributed by atoms with Gasteiger partial charge in [-0.2, -0.15) is 0 Å². The molecule has 8 heteroatoms. The largest absolute Gasteiger partial charge is 0.377 e. The minimum Gasteiger partial charge on any atom is -0.377 e. The molecule has 130 valence electrons. The zero-order chi connectivity index (χ0) is 16.9. The molecule has 0 saturated carbocycles. The fourth-order valence-electron chi connectivity index (χ4n) is 3.08. The van der Waals surface area contributed by atoms with Crippen LogP contribution in [-0.4, -0.2) is 66.2 Å². The predicted molar refractivity (Wildman–Crippen MR) is 89.1 cm³/mol. The fraction of sp³-hybridized carbons (Fsp3) is 0.562. The lowest BCUT2D eigenvalue weighted by Crippen LogP contribution is -2.51. The average molecular weight is 334 g/mol. The van der Waals surface area contributed by atoms with Gasteiger partial charge in [0.1, 0.15) is 0 Å². The highest BCUT2D eigenvalue weighted by Crippen LogP contribution is 2.17. The van der Waals surface area contributed by atoms with Crippen LogP contribution in [0.1, 0.15) is 12.8 Å². The standard InChI is InChI=1S/C16H22N4O4/c21-16(17-13-3-5-14(6-4-13)20(22)23)19-9-7-18(8-10-19)12-15-2-1-11-24-15/h3-6,15H,1-2,7-12H2,(H,17,21). The molecule has 1 N–H and O–H groups in total. The van der Waals surface area contributed by atoms with Gasteiger partial charge >= 0.3 is 6.03 Å². The molecule has 2 aliphatic rings. The Bertz CT molecular complexity index is 578. The number of nitrogens with one attached hydrogen (secondary N) is 1. The summed E-state index contributed by atoms with van der Waals surface area (Å²) in [4.78, 5) is 26.6. The number of anilines is 1. The summed E-state index contributed by atoms with van der Waals surface area (Å²) in [7, 11) is 0. The topological polar surface area (TPSA) is 87.9 Å². The SMILES string of the molecule is O=C(Nc1ccc([N+](=O)[O-])cc1)N1CCN(CC2CCCO2)CC1. The summed E-state index contributed by atoms with van der Waals surface area (Å²) in [6, 6.07) is 5.69. The van der Waals surface area contributed by atoms with E-state index in [0.29, 0.717) is 24.9 Å². The molecule has 3 rings (SSSR count). The number of rotatable bonds is 4. The Balaban J connectivity index is 1.45. The monoisotopic (exact) mass is 334 g/mol. The number of hydrogen-bond acceptors (Lipinski definition) is 5. The molecule has 0 bridgehead atoms. The van der Waals surface area contributed by atoms with Crippen molar-refractivity contribution in [1.29, 1.82) is 0 Å². The van der Waals surface area contributed by atoms with Gasteiger partial charge < -0.3 is 15.0 Å². The normalized spacial score (nSPS) is 21.7. The second-order valence-electron chi connectivity index (χ2n) is 6.16. The zero-order valence-electron chi connectivity index (χ0n) is 13.5. The quantitative estimate of drug-likeness (QED) is 0.671. The van der Waals surface area contributed by atoms with Crippen molar-refractivity contribution >= 4 is 17.4 Å². The maximum atomic E-state index is 12.3. The van der Waals surface area contributed by atoms with E-state index in [1.165, 1.54) is 12.1 Å². The maximum Gasteiger partial charge on any atom is 0.321 e. The summed E-state index contributed by atoms with van der Waals surface area (Å²) >= 11 is 0. The molecule has 0 aromatic heterocycles. The molecule has 2 saturated heterocycles. The summed E-state index contributed by atoms with van der Waals surface area (Å²) in [5.41, 5.74) is 0.572. The summed E-state index contributed by atoms with van der Waals surface area (Å²) in [5.74, 6) is 0. The second-order valence-corrected chi connectivity index (χ2v) is 6.16. The highest BCUT2D eigenvalue weighted by molar-refractivity contribution is 5.89. The van der Waals surface area contributed by atoms with Crippen LogP contribution in [0.5, 0.6) is 0 Å². The van der Waals surface area contributed by atoms with Crippen molar-refractivity contribution in [3.8, 4) is 0 Å². The van der Waals surface area contributed by atoms with E-state index < -0.39 is 4.92 Å². The van der Waals surface area contributed by atoms with Gasteiger partial charge in [-0.25, -0.2) is 4.79 Å². The first-order chi connectivity index (χ1) is 11.6. The van der Waals surface area contributed by atoms with Gasteiger partial charge in [-0.05, 0) is 25.0 Å². The number of nitro benzene ring substituents is 1. The second kappa shape index (κ2) is 7.59. The van der Waals surface area contributed by atoms with Crippen molar-refractivity contribution in [2.75, 3.05) is 44.6 Å². The van der Waals surface area contributed by atoms with Gasteiger partial charge in [0.05, 0.1) is 11.0 Å². The lowest BCUT2D eigenvalue weighted by molar-refractivity contribution is -0.384. The average Bonchev–Trinajstić information content (AvgIpc) is 3.09. The number of carbonyl (C=O) groups is 1. The highest BCUT2D eigenvalue weighted by atomic mass is 16.6.